The highest BCUT2D eigenvalue weighted by Gasteiger charge is 2.25. The molecular weight excluding hydrogens is 563 g/mol. The van der Waals surface area contributed by atoms with Crippen LogP contribution >= 0.6 is 0 Å². The van der Waals surface area contributed by atoms with Crippen LogP contribution < -0.4 is 4.74 Å². The number of halogens is 3. The number of nitrogens with zero attached hydrogens (tertiary/aromatic N) is 5. The number of ether oxygens (including phenoxy) is 2. The number of aromatic carboxylic acids is 1. The standard InChI is InChI=1S/C31H26F3N5O4/c32-23-11-18(14-35)1-2-21(23)17-43-30-25(34)13-24(33)29(37-30)19-5-8-38(9-6-19)16-28-36-26-4-3-20(31(40)41)12-27(26)39(28)15-22-7-10-42-22/h1-5,11-13,22H,6-10,15-17H2,(H,40,41)/t22-/m0/s1. The number of nitriles is 1. The maximum atomic E-state index is 14.8. The summed E-state index contributed by atoms with van der Waals surface area (Å²) in [5, 5.41) is 18.4. The maximum Gasteiger partial charge on any atom is 0.335 e. The fourth-order valence-corrected chi connectivity index (χ4v) is 5.19. The number of carbonyl (C=O) groups is 1. The van der Waals surface area contributed by atoms with Crippen LogP contribution in [-0.2, 0) is 24.4 Å². The first kappa shape index (κ1) is 28.4. The van der Waals surface area contributed by atoms with Crippen molar-refractivity contribution in [2.45, 2.75) is 38.6 Å². The van der Waals surface area contributed by atoms with Crippen molar-refractivity contribution in [2.75, 3.05) is 19.7 Å². The van der Waals surface area contributed by atoms with Gasteiger partial charge in [-0.3, -0.25) is 4.90 Å². The van der Waals surface area contributed by atoms with Crippen molar-refractivity contribution in [3.63, 3.8) is 0 Å². The largest absolute Gasteiger partial charge is 0.478 e. The Morgan fingerprint density at radius 2 is 1.95 bits per heavy atom. The third-order valence-corrected chi connectivity index (χ3v) is 7.66. The smallest absolute Gasteiger partial charge is 0.335 e. The molecule has 6 rings (SSSR count). The summed E-state index contributed by atoms with van der Waals surface area (Å²) in [6, 6.07) is 11.2. The number of benzene rings is 2. The van der Waals surface area contributed by atoms with Gasteiger partial charge < -0.3 is 19.1 Å². The molecule has 4 aromatic rings. The Labute approximate surface area is 244 Å². The van der Waals surface area contributed by atoms with Crippen molar-refractivity contribution >= 4 is 22.6 Å². The summed E-state index contributed by atoms with van der Waals surface area (Å²) < 4.78 is 56.6. The van der Waals surface area contributed by atoms with Gasteiger partial charge in [0, 0.05) is 31.3 Å². The molecule has 2 aliphatic rings. The summed E-state index contributed by atoms with van der Waals surface area (Å²) in [7, 11) is 0. The van der Waals surface area contributed by atoms with Crippen molar-refractivity contribution in [1.82, 2.24) is 19.4 Å². The van der Waals surface area contributed by atoms with Crippen LogP contribution in [0.3, 0.4) is 0 Å². The lowest BCUT2D eigenvalue weighted by Gasteiger charge is -2.29. The molecule has 2 aliphatic heterocycles. The Morgan fingerprint density at radius 1 is 1.12 bits per heavy atom. The van der Waals surface area contributed by atoms with Crippen LogP contribution in [0.4, 0.5) is 13.2 Å². The van der Waals surface area contributed by atoms with Crippen molar-refractivity contribution in [2.24, 2.45) is 0 Å². The monoisotopic (exact) mass is 589 g/mol. The summed E-state index contributed by atoms with van der Waals surface area (Å²) in [6.07, 6.45) is 3.20. The fourth-order valence-electron chi connectivity index (χ4n) is 5.19. The van der Waals surface area contributed by atoms with Gasteiger partial charge in [0.2, 0.25) is 0 Å². The van der Waals surface area contributed by atoms with E-state index < -0.39 is 29.3 Å². The van der Waals surface area contributed by atoms with E-state index in [1.807, 2.05) is 16.7 Å². The predicted molar refractivity (Wildman–Crippen MR) is 149 cm³/mol. The van der Waals surface area contributed by atoms with E-state index in [0.29, 0.717) is 56.4 Å². The summed E-state index contributed by atoms with van der Waals surface area (Å²) in [5.41, 5.74) is 2.40. The molecule has 1 atom stereocenters. The zero-order valence-corrected chi connectivity index (χ0v) is 22.9. The minimum Gasteiger partial charge on any atom is -0.478 e. The molecule has 9 nitrogen and oxygen atoms in total. The van der Waals surface area contributed by atoms with Crippen LogP contribution in [-0.4, -0.2) is 56.3 Å². The van der Waals surface area contributed by atoms with Crippen LogP contribution in [0.25, 0.3) is 16.6 Å². The van der Waals surface area contributed by atoms with Gasteiger partial charge in [-0.1, -0.05) is 12.1 Å². The van der Waals surface area contributed by atoms with Gasteiger partial charge in [0.15, 0.2) is 11.6 Å². The van der Waals surface area contributed by atoms with Crippen molar-refractivity contribution in [3.05, 3.63) is 94.2 Å². The van der Waals surface area contributed by atoms with Gasteiger partial charge in [0.05, 0.1) is 47.4 Å². The Kier molecular flexibility index (Phi) is 7.84. The summed E-state index contributed by atoms with van der Waals surface area (Å²) in [4.78, 5) is 22.5. The third-order valence-electron chi connectivity index (χ3n) is 7.66. The topological polar surface area (TPSA) is 114 Å². The number of pyridine rings is 1. The third kappa shape index (κ3) is 5.95. The number of fused-ring (bicyclic) bond motifs is 1. The highest BCUT2D eigenvalue weighted by molar-refractivity contribution is 5.92. The lowest BCUT2D eigenvalue weighted by atomic mass is 10.0. The first-order chi connectivity index (χ1) is 20.8. The molecule has 43 heavy (non-hydrogen) atoms. The first-order valence-electron chi connectivity index (χ1n) is 13.7. The fraction of sp³-hybridized carbons (Fsp3) is 0.290. The van der Waals surface area contributed by atoms with Gasteiger partial charge in [0.25, 0.3) is 5.88 Å². The molecule has 0 radical (unpaired) electrons. The molecule has 0 aliphatic carbocycles. The van der Waals surface area contributed by atoms with Crippen molar-refractivity contribution in [1.29, 1.82) is 5.26 Å². The van der Waals surface area contributed by atoms with E-state index in [4.69, 9.17) is 19.7 Å². The SMILES string of the molecule is N#Cc1ccc(COc2nc(C3=CCN(Cc4nc5ccc(C(=O)O)cc5n4C[C@@H]4CCO4)CC3)c(F)cc2F)c(F)c1. The van der Waals surface area contributed by atoms with E-state index in [2.05, 4.69) is 9.88 Å². The molecule has 1 saturated heterocycles. The molecule has 2 aromatic heterocycles. The zero-order chi connectivity index (χ0) is 30.1. The number of imidazole rings is 1. The van der Waals surface area contributed by atoms with E-state index in [0.717, 1.165) is 23.8 Å². The molecule has 220 valence electrons. The summed E-state index contributed by atoms with van der Waals surface area (Å²) in [6.45, 7) is 2.37. The highest BCUT2D eigenvalue weighted by atomic mass is 19.1. The lowest BCUT2D eigenvalue weighted by Crippen LogP contribution is -2.33. The predicted octanol–water partition coefficient (Wildman–Crippen LogP) is 5.08. The van der Waals surface area contributed by atoms with Crippen LogP contribution in [0.2, 0.25) is 0 Å². The lowest BCUT2D eigenvalue weighted by molar-refractivity contribution is -0.0591. The highest BCUT2D eigenvalue weighted by Crippen LogP contribution is 2.29. The number of hydrogen-bond acceptors (Lipinski definition) is 7. The van der Waals surface area contributed by atoms with Crippen LogP contribution in [0.15, 0.2) is 48.5 Å². The Morgan fingerprint density at radius 3 is 2.63 bits per heavy atom. The molecule has 0 bridgehead atoms. The number of rotatable bonds is 9. The molecule has 1 fully saturated rings. The molecule has 1 N–H and O–H groups in total. The number of carboxylic acids is 1. The van der Waals surface area contributed by atoms with E-state index >= 15 is 0 Å². The number of aromatic nitrogens is 3. The zero-order valence-electron chi connectivity index (χ0n) is 22.9. The van der Waals surface area contributed by atoms with E-state index in [-0.39, 0.29) is 35.1 Å². The Hall–Kier alpha value is -4.73. The van der Waals surface area contributed by atoms with Crippen LogP contribution in [0.1, 0.15) is 45.8 Å². The number of hydrogen-bond donors (Lipinski definition) is 1. The summed E-state index contributed by atoms with van der Waals surface area (Å²) in [5.74, 6) is -3.20. The molecule has 0 amide bonds. The second kappa shape index (κ2) is 11.9. The average Bonchev–Trinajstić information content (AvgIpc) is 3.31. The Balaban J connectivity index is 1.18. The number of carboxylic acid groups (broad SMARTS) is 1. The molecular formula is C31H26F3N5O4. The first-order valence-corrected chi connectivity index (χ1v) is 13.7. The average molecular weight is 590 g/mol. The van der Waals surface area contributed by atoms with Crippen LogP contribution in [0.5, 0.6) is 5.88 Å². The van der Waals surface area contributed by atoms with Crippen molar-refractivity contribution < 1.29 is 32.5 Å². The second-order valence-corrected chi connectivity index (χ2v) is 10.5. The maximum absolute atomic E-state index is 14.8. The molecule has 0 saturated carbocycles. The van der Waals surface area contributed by atoms with Gasteiger partial charge >= 0.3 is 5.97 Å². The quantitative estimate of drug-likeness (QED) is 0.288. The minimum absolute atomic E-state index is 0.0353. The second-order valence-electron chi connectivity index (χ2n) is 10.5. The molecule has 12 heteroatoms. The molecule has 2 aromatic carbocycles. The van der Waals surface area contributed by atoms with Gasteiger partial charge in [-0.05, 0) is 48.7 Å². The summed E-state index contributed by atoms with van der Waals surface area (Å²) >= 11 is 0. The normalized spacial score (nSPS) is 16.9. The molecule has 0 unspecified atom stereocenters. The van der Waals surface area contributed by atoms with Crippen LogP contribution in [0, 0.1) is 28.8 Å². The van der Waals surface area contributed by atoms with E-state index in [9.17, 15) is 23.1 Å². The minimum atomic E-state index is -1.01. The van der Waals surface area contributed by atoms with Gasteiger partial charge in [0.1, 0.15) is 23.9 Å². The van der Waals surface area contributed by atoms with Gasteiger partial charge in [-0.2, -0.15) is 5.26 Å². The van der Waals surface area contributed by atoms with Crippen molar-refractivity contribution in [3.8, 4) is 11.9 Å². The van der Waals surface area contributed by atoms with Gasteiger partial charge in [-0.25, -0.2) is 27.9 Å². The molecule has 0 spiro atoms. The Bertz CT molecular complexity index is 1790. The van der Waals surface area contributed by atoms with E-state index in [1.54, 1.807) is 12.1 Å². The van der Waals surface area contributed by atoms with E-state index in [1.165, 1.54) is 18.2 Å². The molecule has 4 heterocycles. The van der Waals surface area contributed by atoms with Gasteiger partial charge in [-0.15, -0.1) is 0 Å².